The van der Waals surface area contributed by atoms with Crippen molar-refractivity contribution in [1.82, 2.24) is 15.5 Å². The number of amides is 3. The zero-order valence-corrected chi connectivity index (χ0v) is 16.9. The zero-order valence-electron chi connectivity index (χ0n) is 16.9. The van der Waals surface area contributed by atoms with Crippen LogP contribution < -0.4 is 16.4 Å². The molecule has 6 N–H and O–H groups in total. The fraction of sp³-hybridized carbons (Fsp3) is 0.722. The highest BCUT2D eigenvalue weighted by Gasteiger charge is 2.37. The topological polar surface area (TPSA) is 179 Å². The monoisotopic (exact) mass is 414 g/mol. The van der Waals surface area contributed by atoms with Crippen molar-refractivity contribution in [3.05, 3.63) is 0 Å². The van der Waals surface area contributed by atoms with E-state index >= 15 is 0 Å². The van der Waals surface area contributed by atoms with E-state index in [0.29, 0.717) is 12.8 Å². The van der Waals surface area contributed by atoms with E-state index in [1.807, 2.05) is 0 Å². The lowest BCUT2D eigenvalue weighted by atomic mass is 10.0. The van der Waals surface area contributed by atoms with Crippen LogP contribution in [0, 0.1) is 5.92 Å². The van der Waals surface area contributed by atoms with Gasteiger partial charge in [-0.05, 0) is 32.1 Å². The Kier molecular flexibility index (Phi) is 9.02. The van der Waals surface area contributed by atoms with Crippen LogP contribution in [0.2, 0.25) is 0 Å². The molecule has 0 bridgehead atoms. The fourth-order valence-electron chi connectivity index (χ4n) is 3.02. The van der Waals surface area contributed by atoms with Crippen molar-refractivity contribution in [2.45, 2.75) is 70.6 Å². The third-order valence-corrected chi connectivity index (χ3v) is 4.85. The first kappa shape index (κ1) is 24.3. The van der Waals surface area contributed by atoms with Gasteiger partial charge in [0.25, 0.3) is 0 Å². The van der Waals surface area contributed by atoms with Gasteiger partial charge >= 0.3 is 11.9 Å². The lowest BCUT2D eigenvalue weighted by Crippen LogP contribution is -2.56. The molecule has 0 saturated carbocycles. The summed E-state index contributed by atoms with van der Waals surface area (Å²) in [6, 6.07) is -4.04. The van der Waals surface area contributed by atoms with Crippen LogP contribution in [0.4, 0.5) is 0 Å². The summed E-state index contributed by atoms with van der Waals surface area (Å²) in [5, 5.41) is 23.0. The Bertz CT molecular complexity index is 652. The number of carboxylic acid groups (broad SMARTS) is 2. The molecule has 11 heteroatoms. The van der Waals surface area contributed by atoms with Crippen LogP contribution in [0.5, 0.6) is 0 Å². The molecule has 164 valence electrons. The SMILES string of the molecule is CC(NC(=O)C(CCC(=O)O)NC(=O)C(N)C(C)C)C(=O)N1CCCC1C(=O)O. The molecule has 0 radical (unpaired) electrons. The summed E-state index contributed by atoms with van der Waals surface area (Å²) >= 11 is 0. The van der Waals surface area contributed by atoms with Crippen LogP contribution in [0.1, 0.15) is 46.5 Å². The second kappa shape index (κ2) is 10.7. The number of hydrogen-bond acceptors (Lipinski definition) is 6. The fourth-order valence-corrected chi connectivity index (χ4v) is 3.02. The van der Waals surface area contributed by atoms with Gasteiger partial charge in [-0.2, -0.15) is 0 Å². The number of carboxylic acids is 2. The van der Waals surface area contributed by atoms with Crippen molar-refractivity contribution in [3.63, 3.8) is 0 Å². The van der Waals surface area contributed by atoms with E-state index in [1.54, 1.807) is 13.8 Å². The lowest BCUT2D eigenvalue weighted by Gasteiger charge is -2.27. The molecule has 11 nitrogen and oxygen atoms in total. The van der Waals surface area contributed by atoms with Crippen LogP contribution in [0.3, 0.4) is 0 Å². The number of rotatable bonds is 10. The number of nitrogens with one attached hydrogen (secondary N) is 2. The van der Waals surface area contributed by atoms with Gasteiger partial charge in [-0.25, -0.2) is 4.79 Å². The van der Waals surface area contributed by atoms with Gasteiger partial charge in [0.15, 0.2) is 0 Å². The summed E-state index contributed by atoms with van der Waals surface area (Å²) < 4.78 is 0. The van der Waals surface area contributed by atoms with E-state index in [1.165, 1.54) is 11.8 Å². The number of nitrogens with two attached hydrogens (primary N) is 1. The molecule has 0 aromatic rings. The summed E-state index contributed by atoms with van der Waals surface area (Å²) in [6.45, 7) is 5.14. The Balaban J connectivity index is 2.81. The molecule has 1 aliphatic rings. The minimum absolute atomic E-state index is 0.180. The van der Waals surface area contributed by atoms with Crippen molar-refractivity contribution in [3.8, 4) is 0 Å². The van der Waals surface area contributed by atoms with Gasteiger partial charge in [0.05, 0.1) is 6.04 Å². The first-order valence-electron chi connectivity index (χ1n) is 9.57. The van der Waals surface area contributed by atoms with Gasteiger partial charge in [-0.3, -0.25) is 19.2 Å². The molecule has 1 saturated heterocycles. The standard InChI is InChI=1S/C18H30N4O7/c1-9(2)14(19)16(26)21-11(6-7-13(23)24)15(25)20-10(3)17(27)22-8-4-5-12(22)18(28)29/h9-12,14H,4-8,19H2,1-3H3,(H,20,25)(H,21,26)(H,23,24)(H,28,29). The van der Waals surface area contributed by atoms with Crippen LogP contribution in [-0.2, 0) is 24.0 Å². The maximum Gasteiger partial charge on any atom is 0.326 e. The molecule has 1 aliphatic heterocycles. The van der Waals surface area contributed by atoms with Crippen LogP contribution >= 0.6 is 0 Å². The maximum atomic E-state index is 12.6. The summed E-state index contributed by atoms with van der Waals surface area (Å²) in [4.78, 5) is 60.7. The second-order valence-corrected chi connectivity index (χ2v) is 7.52. The summed E-state index contributed by atoms with van der Waals surface area (Å²) in [5.41, 5.74) is 5.76. The molecule has 1 fully saturated rings. The number of hydrogen-bond donors (Lipinski definition) is 5. The van der Waals surface area contributed by atoms with Gasteiger partial charge < -0.3 is 31.5 Å². The maximum absolute atomic E-state index is 12.6. The van der Waals surface area contributed by atoms with Crippen molar-refractivity contribution >= 4 is 29.7 Å². The minimum atomic E-state index is -1.19. The molecule has 4 unspecified atom stereocenters. The Morgan fingerprint density at radius 2 is 1.69 bits per heavy atom. The molecule has 29 heavy (non-hydrogen) atoms. The number of carbonyl (C=O) groups is 5. The molecule has 3 amide bonds. The summed E-state index contributed by atoms with van der Waals surface area (Å²) in [5.74, 6) is -4.33. The molecule has 1 rings (SSSR count). The average molecular weight is 414 g/mol. The van der Waals surface area contributed by atoms with Crippen LogP contribution in [0.15, 0.2) is 0 Å². The van der Waals surface area contributed by atoms with E-state index in [0.717, 1.165) is 0 Å². The first-order valence-corrected chi connectivity index (χ1v) is 9.57. The number of likely N-dealkylation sites (tertiary alicyclic amines) is 1. The highest BCUT2D eigenvalue weighted by Crippen LogP contribution is 2.18. The number of carbonyl (C=O) groups excluding carboxylic acids is 3. The highest BCUT2D eigenvalue weighted by atomic mass is 16.4. The van der Waals surface area contributed by atoms with E-state index in [-0.39, 0.29) is 25.3 Å². The number of aliphatic carboxylic acids is 2. The molecule has 0 aliphatic carbocycles. The zero-order chi connectivity index (χ0) is 22.3. The first-order chi connectivity index (χ1) is 13.5. The Labute approximate surface area is 169 Å². The molecule has 0 aromatic carbocycles. The highest BCUT2D eigenvalue weighted by molar-refractivity contribution is 5.94. The van der Waals surface area contributed by atoms with Gasteiger partial charge in [0, 0.05) is 13.0 Å². The molecule has 0 aromatic heterocycles. The summed E-state index contributed by atoms with van der Waals surface area (Å²) in [7, 11) is 0. The van der Waals surface area contributed by atoms with Crippen molar-refractivity contribution < 1.29 is 34.2 Å². The van der Waals surface area contributed by atoms with Gasteiger partial charge in [-0.1, -0.05) is 13.8 Å². The van der Waals surface area contributed by atoms with E-state index in [9.17, 15) is 29.1 Å². The third-order valence-electron chi connectivity index (χ3n) is 4.85. The molecule has 0 spiro atoms. The van der Waals surface area contributed by atoms with Crippen molar-refractivity contribution in [1.29, 1.82) is 0 Å². The molecular formula is C18H30N4O7. The van der Waals surface area contributed by atoms with E-state index in [4.69, 9.17) is 10.8 Å². The predicted octanol–water partition coefficient (Wildman–Crippen LogP) is -1.10. The molecular weight excluding hydrogens is 384 g/mol. The number of nitrogens with zero attached hydrogens (tertiary/aromatic N) is 1. The quantitative estimate of drug-likeness (QED) is 0.299. The van der Waals surface area contributed by atoms with Gasteiger partial charge in [-0.15, -0.1) is 0 Å². The van der Waals surface area contributed by atoms with E-state index in [2.05, 4.69) is 10.6 Å². The Morgan fingerprint density at radius 1 is 1.07 bits per heavy atom. The molecule has 1 heterocycles. The third kappa shape index (κ3) is 7.00. The van der Waals surface area contributed by atoms with Gasteiger partial charge in [0.1, 0.15) is 18.1 Å². The predicted molar refractivity (Wildman–Crippen MR) is 102 cm³/mol. The Morgan fingerprint density at radius 3 is 2.21 bits per heavy atom. The van der Waals surface area contributed by atoms with Crippen LogP contribution in [-0.4, -0.2) is 75.5 Å². The van der Waals surface area contributed by atoms with Gasteiger partial charge in [0.2, 0.25) is 17.7 Å². The van der Waals surface area contributed by atoms with Crippen molar-refractivity contribution in [2.75, 3.05) is 6.54 Å². The largest absolute Gasteiger partial charge is 0.481 e. The Hall–Kier alpha value is -2.69. The van der Waals surface area contributed by atoms with Crippen molar-refractivity contribution in [2.24, 2.45) is 11.7 Å². The normalized spacial score (nSPS) is 19.3. The minimum Gasteiger partial charge on any atom is -0.481 e. The molecule has 4 atom stereocenters. The smallest absolute Gasteiger partial charge is 0.326 e. The van der Waals surface area contributed by atoms with Crippen LogP contribution in [0.25, 0.3) is 0 Å². The lowest BCUT2D eigenvalue weighted by molar-refractivity contribution is -0.149. The second-order valence-electron chi connectivity index (χ2n) is 7.52. The summed E-state index contributed by atoms with van der Waals surface area (Å²) in [6.07, 6.45) is 0.338. The average Bonchev–Trinajstić information content (AvgIpc) is 3.13. The van der Waals surface area contributed by atoms with E-state index < -0.39 is 53.8 Å².